The molecular formula is C28H32FN3O8S. The summed E-state index contributed by atoms with van der Waals surface area (Å²) in [6.45, 7) is 1.78. The molecule has 1 fully saturated rings. The zero-order chi connectivity index (χ0) is 29.5. The van der Waals surface area contributed by atoms with Crippen LogP contribution in [0, 0.1) is 5.82 Å². The molecule has 3 aromatic rings. The molecular weight excluding hydrogens is 557 g/mol. The second-order valence-corrected chi connectivity index (χ2v) is 11.5. The van der Waals surface area contributed by atoms with Gasteiger partial charge in [-0.1, -0.05) is 5.16 Å². The quantitative estimate of drug-likeness (QED) is 0.381. The largest absolute Gasteiger partial charge is 0.497 e. The molecule has 2 aliphatic heterocycles. The van der Waals surface area contributed by atoms with Crippen molar-refractivity contribution >= 4 is 21.7 Å². The molecule has 0 aliphatic carbocycles. The first kappa shape index (κ1) is 30.0. The van der Waals surface area contributed by atoms with E-state index in [0.29, 0.717) is 25.9 Å². The van der Waals surface area contributed by atoms with Gasteiger partial charge in [-0.05, 0) is 54.6 Å². The first-order chi connectivity index (χ1) is 19.7. The van der Waals surface area contributed by atoms with E-state index in [1.54, 1.807) is 20.5 Å². The highest BCUT2D eigenvalue weighted by atomic mass is 32.2. The van der Waals surface area contributed by atoms with Crippen LogP contribution in [-0.2, 0) is 32.7 Å². The molecule has 1 saturated heterocycles. The Balaban J connectivity index is 0.000000195. The maximum atomic E-state index is 12.9. The second kappa shape index (κ2) is 13.1. The van der Waals surface area contributed by atoms with Gasteiger partial charge in [-0.3, -0.25) is 0 Å². The van der Waals surface area contributed by atoms with Crippen molar-refractivity contribution < 1.29 is 41.4 Å². The van der Waals surface area contributed by atoms with Crippen molar-refractivity contribution in [3.8, 4) is 11.5 Å². The summed E-state index contributed by atoms with van der Waals surface area (Å²) in [5.74, 6) is 0.965. The number of ether oxygens (including phenoxy) is 2. The lowest BCUT2D eigenvalue weighted by molar-refractivity contribution is -0.129. The smallest absolute Gasteiger partial charge is 0.353 e. The highest BCUT2D eigenvalue weighted by Crippen LogP contribution is 2.36. The van der Waals surface area contributed by atoms with Crippen LogP contribution in [0.25, 0.3) is 0 Å². The first-order valence-corrected chi connectivity index (χ1v) is 14.3. The number of benzene rings is 2. The third kappa shape index (κ3) is 7.43. The van der Waals surface area contributed by atoms with E-state index in [2.05, 4.69) is 10.5 Å². The van der Waals surface area contributed by atoms with Gasteiger partial charge in [-0.15, -0.1) is 0 Å². The highest BCUT2D eigenvalue weighted by molar-refractivity contribution is 7.89. The number of sulfonamides is 1. The number of rotatable bonds is 9. The van der Waals surface area contributed by atoms with Gasteiger partial charge in [0.15, 0.2) is 5.71 Å². The molecule has 11 nitrogen and oxygen atoms in total. The molecule has 0 radical (unpaired) electrons. The van der Waals surface area contributed by atoms with Gasteiger partial charge in [0.25, 0.3) is 0 Å². The predicted octanol–water partition coefficient (Wildman–Crippen LogP) is 3.80. The number of carboxylic acid groups (broad SMARTS) is 1. The monoisotopic (exact) mass is 589 g/mol. The van der Waals surface area contributed by atoms with Crippen LogP contribution in [0.1, 0.15) is 30.6 Å². The predicted molar refractivity (Wildman–Crippen MR) is 147 cm³/mol. The summed E-state index contributed by atoms with van der Waals surface area (Å²) in [6, 6.07) is 14.2. The molecule has 0 unspecified atom stereocenters. The molecule has 2 aromatic carbocycles. The zero-order valence-corrected chi connectivity index (χ0v) is 23.5. The first-order valence-electron chi connectivity index (χ1n) is 12.8. The second-order valence-electron chi connectivity index (χ2n) is 9.51. The number of methoxy groups -OCH3 is 2. The number of halogens is 1. The molecule has 1 spiro atoms. The van der Waals surface area contributed by atoms with E-state index >= 15 is 0 Å². The van der Waals surface area contributed by atoms with Gasteiger partial charge in [0.2, 0.25) is 10.0 Å². The molecule has 2 N–H and O–H groups in total. The van der Waals surface area contributed by atoms with Crippen molar-refractivity contribution in [2.75, 3.05) is 27.3 Å². The minimum Gasteiger partial charge on any atom is -0.497 e. The number of hydrogen-bond acceptors (Lipinski definition) is 9. The van der Waals surface area contributed by atoms with Gasteiger partial charge < -0.3 is 29.2 Å². The normalized spacial score (nSPS) is 16.3. The van der Waals surface area contributed by atoms with Gasteiger partial charge >= 0.3 is 5.97 Å². The van der Waals surface area contributed by atoms with Crippen LogP contribution >= 0.6 is 0 Å². The summed E-state index contributed by atoms with van der Waals surface area (Å²) >= 11 is 0. The molecule has 3 heterocycles. The molecule has 0 atom stereocenters. The Morgan fingerprint density at radius 1 is 1.10 bits per heavy atom. The van der Waals surface area contributed by atoms with Crippen molar-refractivity contribution in [3.63, 3.8) is 0 Å². The number of oxime groups is 1. The molecule has 1 aromatic heterocycles. The van der Waals surface area contributed by atoms with Crippen molar-refractivity contribution in [3.05, 3.63) is 78.0 Å². The fraction of sp³-hybridized carbons (Fsp3) is 0.357. The summed E-state index contributed by atoms with van der Waals surface area (Å²) in [5, 5.41) is 15.8. The van der Waals surface area contributed by atoms with Crippen LogP contribution < -0.4 is 14.8 Å². The SMILES string of the molecule is COc1ccc(OC)c(CNCc2ccco2)c1.O=C(O)C1=NOC2(CCN(S(=O)(=O)c3ccc(F)cc3)CC2)C1. The number of piperidine rings is 1. The Labute approximate surface area is 237 Å². The molecule has 0 bridgehead atoms. The van der Waals surface area contributed by atoms with Gasteiger partial charge in [0.05, 0.1) is 31.9 Å². The van der Waals surface area contributed by atoms with Crippen molar-refractivity contribution in [1.82, 2.24) is 9.62 Å². The number of nitrogens with one attached hydrogen (secondary N) is 1. The Morgan fingerprint density at radius 3 is 2.41 bits per heavy atom. The van der Waals surface area contributed by atoms with E-state index in [0.717, 1.165) is 35.0 Å². The van der Waals surface area contributed by atoms with E-state index < -0.39 is 27.4 Å². The van der Waals surface area contributed by atoms with Gasteiger partial charge in [-0.2, -0.15) is 4.31 Å². The summed E-state index contributed by atoms with van der Waals surface area (Å²) < 4.78 is 55.0. The van der Waals surface area contributed by atoms with E-state index in [-0.39, 0.29) is 30.1 Å². The van der Waals surface area contributed by atoms with Gasteiger partial charge in [0, 0.05) is 44.5 Å². The molecule has 13 heteroatoms. The minimum atomic E-state index is -3.70. The van der Waals surface area contributed by atoms with E-state index in [4.69, 9.17) is 23.8 Å². The standard InChI is InChI=1S/C14H15FN2O5S.C14H17NO3/c15-10-1-3-11(4-2-10)23(20,21)17-7-5-14(6-8-17)9-12(13(18)19)16-22-14;1-16-12-5-6-14(17-2)11(8-12)9-15-10-13-4-3-7-18-13/h1-4H,5-9H2,(H,18,19);3-8,15H,9-10H2,1-2H3. The van der Waals surface area contributed by atoms with E-state index in [1.165, 1.54) is 16.4 Å². The lowest BCUT2D eigenvalue weighted by atomic mass is 9.88. The average molecular weight is 590 g/mol. The van der Waals surface area contributed by atoms with Crippen LogP contribution in [0.4, 0.5) is 4.39 Å². The molecule has 220 valence electrons. The van der Waals surface area contributed by atoms with Crippen molar-refractivity contribution in [2.45, 2.75) is 42.8 Å². The lowest BCUT2D eigenvalue weighted by Crippen LogP contribution is -2.47. The third-order valence-corrected chi connectivity index (χ3v) is 8.77. The van der Waals surface area contributed by atoms with Crippen molar-refractivity contribution in [1.29, 1.82) is 0 Å². The van der Waals surface area contributed by atoms with Gasteiger partial charge in [0.1, 0.15) is 28.7 Å². The molecule has 5 rings (SSSR count). The highest BCUT2D eigenvalue weighted by Gasteiger charge is 2.45. The summed E-state index contributed by atoms with van der Waals surface area (Å²) in [4.78, 5) is 16.2. The van der Waals surface area contributed by atoms with E-state index in [9.17, 15) is 17.6 Å². The number of hydrogen-bond donors (Lipinski definition) is 2. The van der Waals surface area contributed by atoms with Crippen LogP contribution in [-0.4, -0.2) is 62.4 Å². The number of furan rings is 1. The topological polar surface area (TPSA) is 140 Å². The molecule has 41 heavy (non-hydrogen) atoms. The van der Waals surface area contributed by atoms with Crippen LogP contribution in [0.15, 0.2) is 75.3 Å². The Kier molecular flexibility index (Phi) is 9.63. The Morgan fingerprint density at radius 2 is 1.83 bits per heavy atom. The molecule has 0 amide bonds. The maximum absolute atomic E-state index is 12.9. The fourth-order valence-electron chi connectivity index (χ4n) is 4.55. The summed E-state index contributed by atoms with van der Waals surface area (Å²) in [5.41, 5.74) is 0.283. The molecule has 2 aliphatic rings. The van der Waals surface area contributed by atoms with Crippen LogP contribution in [0.5, 0.6) is 11.5 Å². The third-order valence-electron chi connectivity index (χ3n) is 6.85. The number of carboxylic acids is 1. The number of aliphatic carboxylic acids is 1. The van der Waals surface area contributed by atoms with Crippen molar-refractivity contribution in [2.24, 2.45) is 5.16 Å². The zero-order valence-electron chi connectivity index (χ0n) is 22.7. The average Bonchev–Trinajstić information content (AvgIpc) is 3.64. The Bertz CT molecular complexity index is 1450. The minimum absolute atomic E-state index is 0.0321. The maximum Gasteiger partial charge on any atom is 0.353 e. The number of nitrogens with zero attached hydrogens (tertiary/aromatic N) is 2. The summed E-state index contributed by atoms with van der Waals surface area (Å²) in [6.07, 6.45) is 2.55. The fourth-order valence-corrected chi connectivity index (χ4v) is 5.99. The lowest BCUT2D eigenvalue weighted by Gasteiger charge is -2.36. The van der Waals surface area contributed by atoms with Crippen LogP contribution in [0.3, 0.4) is 0 Å². The van der Waals surface area contributed by atoms with Gasteiger partial charge in [-0.25, -0.2) is 17.6 Å². The Hall–Kier alpha value is -3.94. The summed E-state index contributed by atoms with van der Waals surface area (Å²) in [7, 11) is -0.378. The molecule has 0 saturated carbocycles. The van der Waals surface area contributed by atoms with E-state index in [1.807, 2.05) is 30.3 Å². The van der Waals surface area contributed by atoms with Crippen LogP contribution in [0.2, 0.25) is 0 Å². The number of carbonyl (C=O) groups is 1.